The summed E-state index contributed by atoms with van der Waals surface area (Å²) in [7, 11) is 0. The molecule has 0 fully saturated rings. The van der Waals surface area contributed by atoms with E-state index in [1.54, 1.807) is 0 Å². The van der Waals surface area contributed by atoms with Gasteiger partial charge in [0.05, 0.1) is 0 Å². The first kappa shape index (κ1) is 17.6. The van der Waals surface area contributed by atoms with Crippen LogP contribution in [0.5, 0.6) is 0 Å². The number of nitrogens with one attached hydrogen (secondary N) is 1. The van der Waals surface area contributed by atoms with Crippen LogP contribution < -0.4 is 5.32 Å². The van der Waals surface area contributed by atoms with Gasteiger partial charge in [0.1, 0.15) is 5.92 Å². The van der Waals surface area contributed by atoms with Gasteiger partial charge in [-0.05, 0) is 17.6 Å². The van der Waals surface area contributed by atoms with Crippen molar-refractivity contribution in [3.8, 4) is 0 Å². The standard InChI is InChI=1S/C12H22F3NOS/c1-5-6-18-7-9(12(13,14)15)10(17)16-8-11(2,3)4/h9H,5-8H2,1-4H3,(H,16,17). The van der Waals surface area contributed by atoms with E-state index in [-0.39, 0.29) is 17.7 Å². The van der Waals surface area contributed by atoms with E-state index in [0.717, 1.165) is 6.42 Å². The van der Waals surface area contributed by atoms with Gasteiger partial charge in [-0.15, -0.1) is 0 Å². The molecule has 2 nitrogen and oxygen atoms in total. The molecule has 108 valence electrons. The molecule has 0 aromatic carbocycles. The van der Waals surface area contributed by atoms with E-state index in [4.69, 9.17) is 0 Å². The molecule has 0 saturated heterocycles. The summed E-state index contributed by atoms with van der Waals surface area (Å²) in [6.07, 6.45) is -3.67. The molecule has 0 spiro atoms. The fourth-order valence-corrected chi connectivity index (χ4v) is 2.17. The van der Waals surface area contributed by atoms with Gasteiger partial charge < -0.3 is 5.32 Å². The fraction of sp³-hybridized carbons (Fsp3) is 0.917. The van der Waals surface area contributed by atoms with Gasteiger partial charge in [-0.2, -0.15) is 24.9 Å². The Hall–Kier alpha value is -0.390. The smallest absolute Gasteiger partial charge is 0.355 e. The molecule has 1 amide bonds. The second kappa shape index (κ2) is 7.26. The molecule has 0 aliphatic carbocycles. The highest BCUT2D eigenvalue weighted by Crippen LogP contribution is 2.29. The van der Waals surface area contributed by atoms with Crippen LogP contribution in [0.3, 0.4) is 0 Å². The maximum absolute atomic E-state index is 12.7. The molecule has 1 N–H and O–H groups in total. The number of amides is 1. The van der Waals surface area contributed by atoms with Crippen molar-refractivity contribution in [2.75, 3.05) is 18.1 Å². The van der Waals surface area contributed by atoms with Crippen molar-refractivity contribution in [1.82, 2.24) is 5.32 Å². The normalized spacial score (nSPS) is 14.4. The lowest BCUT2D eigenvalue weighted by molar-refractivity contribution is -0.177. The first-order chi connectivity index (χ1) is 8.08. The van der Waals surface area contributed by atoms with E-state index in [9.17, 15) is 18.0 Å². The number of thioether (sulfide) groups is 1. The molecule has 0 aromatic rings. The zero-order valence-electron chi connectivity index (χ0n) is 11.4. The SMILES string of the molecule is CCCSCC(C(=O)NCC(C)(C)C)C(F)(F)F. The first-order valence-corrected chi connectivity index (χ1v) is 7.15. The van der Waals surface area contributed by atoms with Crippen LogP contribution in [-0.4, -0.2) is 30.1 Å². The van der Waals surface area contributed by atoms with Crippen molar-refractivity contribution in [2.45, 2.75) is 40.3 Å². The van der Waals surface area contributed by atoms with Crippen molar-refractivity contribution >= 4 is 17.7 Å². The van der Waals surface area contributed by atoms with E-state index >= 15 is 0 Å². The number of hydrogen-bond acceptors (Lipinski definition) is 2. The van der Waals surface area contributed by atoms with Crippen LogP contribution in [0.4, 0.5) is 13.2 Å². The Bertz CT molecular complexity index is 261. The minimum Gasteiger partial charge on any atom is -0.355 e. The van der Waals surface area contributed by atoms with Crippen molar-refractivity contribution < 1.29 is 18.0 Å². The van der Waals surface area contributed by atoms with E-state index in [1.165, 1.54) is 11.8 Å². The first-order valence-electron chi connectivity index (χ1n) is 6.00. The van der Waals surface area contributed by atoms with Gasteiger partial charge in [0.25, 0.3) is 0 Å². The molecular weight excluding hydrogens is 263 g/mol. The van der Waals surface area contributed by atoms with Crippen molar-refractivity contribution in [2.24, 2.45) is 11.3 Å². The Labute approximate surface area is 111 Å². The predicted molar refractivity (Wildman–Crippen MR) is 69.6 cm³/mol. The molecule has 1 unspecified atom stereocenters. The second-order valence-corrected chi connectivity index (χ2v) is 6.60. The van der Waals surface area contributed by atoms with Crippen molar-refractivity contribution in [1.29, 1.82) is 0 Å². The number of carbonyl (C=O) groups is 1. The molecule has 6 heteroatoms. The number of halogens is 3. The van der Waals surface area contributed by atoms with Crippen molar-refractivity contribution in [3.05, 3.63) is 0 Å². The van der Waals surface area contributed by atoms with Gasteiger partial charge in [0, 0.05) is 12.3 Å². The maximum Gasteiger partial charge on any atom is 0.401 e. The van der Waals surface area contributed by atoms with Crippen molar-refractivity contribution in [3.63, 3.8) is 0 Å². The molecular formula is C12H22F3NOS. The Morgan fingerprint density at radius 2 is 1.83 bits per heavy atom. The highest BCUT2D eigenvalue weighted by Gasteiger charge is 2.44. The third kappa shape index (κ3) is 7.84. The molecule has 0 saturated carbocycles. The van der Waals surface area contributed by atoms with Gasteiger partial charge in [0.2, 0.25) is 5.91 Å². The van der Waals surface area contributed by atoms with Crippen LogP contribution in [0.25, 0.3) is 0 Å². The van der Waals surface area contributed by atoms with Gasteiger partial charge >= 0.3 is 6.18 Å². The summed E-state index contributed by atoms with van der Waals surface area (Å²) in [6.45, 7) is 7.73. The zero-order valence-corrected chi connectivity index (χ0v) is 12.2. The summed E-state index contributed by atoms with van der Waals surface area (Å²) in [5, 5.41) is 2.38. The van der Waals surface area contributed by atoms with Crippen LogP contribution in [0.15, 0.2) is 0 Å². The largest absolute Gasteiger partial charge is 0.401 e. The van der Waals surface area contributed by atoms with E-state index in [2.05, 4.69) is 5.32 Å². The molecule has 0 aromatic heterocycles. The van der Waals surface area contributed by atoms with E-state index in [0.29, 0.717) is 5.75 Å². The molecule has 0 rings (SSSR count). The topological polar surface area (TPSA) is 29.1 Å². The number of alkyl halides is 3. The monoisotopic (exact) mass is 285 g/mol. The average Bonchev–Trinajstić information content (AvgIpc) is 2.18. The minimum atomic E-state index is -4.47. The van der Waals surface area contributed by atoms with E-state index < -0.39 is 18.0 Å². The molecule has 0 aliphatic rings. The van der Waals surface area contributed by atoms with Crippen LogP contribution in [0.1, 0.15) is 34.1 Å². The fourth-order valence-electron chi connectivity index (χ4n) is 1.14. The quantitative estimate of drug-likeness (QED) is 0.757. The van der Waals surface area contributed by atoms with Crippen LogP contribution in [-0.2, 0) is 4.79 Å². The van der Waals surface area contributed by atoms with Gasteiger partial charge in [-0.3, -0.25) is 4.79 Å². The van der Waals surface area contributed by atoms with Crippen LogP contribution in [0.2, 0.25) is 0 Å². The minimum absolute atomic E-state index is 0.201. The summed E-state index contributed by atoms with van der Waals surface area (Å²) in [5.41, 5.74) is -0.220. The Kier molecular flexibility index (Phi) is 7.10. The Balaban J connectivity index is 4.42. The van der Waals surface area contributed by atoms with Crippen LogP contribution >= 0.6 is 11.8 Å². The van der Waals surface area contributed by atoms with Crippen LogP contribution in [0, 0.1) is 11.3 Å². The molecule has 1 atom stereocenters. The highest BCUT2D eigenvalue weighted by atomic mass is 32.2. The lowest BCUT2D eigenvalue weighted by Gasteiger charge is -2.23. The molecule has 0 aliphatic heterocycles. The summed E-state index contributed by atoms with van der Waals surface area (Å²) in [5.74, 6) is -2.38. The molecule has 0 heterocycles. The summed E-state index contributed by atoms with van der Waals surface area (Å²) < 4.78 is 38.2. The maximum atomic E-state index is 12.7. The Morgan fingerprint density at radius 3 is 2.22 bits per heavy atom. The van der Waals surface area contributed by atoms with E-state index in [1.807, 2.05) is 27.7 Å². The third-order valence-corrected chi connectivity index (χ3v) is 3.40. The zero-order chi connectivity index (χ0) is 14.4. The summed E-state index contributed by atoms with van der Waals surface area (Å²) in [6, 6.07) is 0. The number of carbonyl (C=O) groups excluding carboxylic acids is 1. The summed E-state index contributed by atoms with van der Waals surface area (Å²) >= 11 is 1.17. The Morgan fingerprint density at radius 1 is 1.28 bits per heavy atom. The van der Waals surface area contributed by atoms with Gasteiger partial charge in [-0.25, -0.2) is 0 Å². The summed E-state index contributed by atoms with van der Waals surface area (Å²) in [4.78, 5) is 11.6. The number of rotatable bonds is 6. The predicted octanol–water partition coefficient (Wildman–Crippen LogP) is 3.47. The molecule has 18 heavy (non-hydrogen) atoms. The number of hydrogen-bond donors (Lipinski definition) is 1. The second-order valence-electron chi connectivity index (χ2n) is 5.45. The third-order valence-electron chi connectivity index (χ3n) is 2.14. The lowest BCUT2D eigenvalue weighted by atomic mass is 9.96. The average molecular weight is 285 g/mol. The molecule has 0 radical (unpaired) electrons. The molecule has 0 bridgehead atoms. The highest BCUT2D eigenvalue weighted by molar-refractivity contribution is 7.99. The van der Waals surface area contributed by atoms with Gasteiger partial charge in [-0.1, -0.05) is 27.7 Å². The van der Waals surface area contributed by atoms with Gasteiger partial charge in [0.15, 0.2) is 0 Å². The lowest BCUT2D eigenvalue weighted by Crippen LogP contribution is -2.43.